The minimum Gasteiger partial charge on any atom is -0.493 e. The third-order valence-electron chi connectivity index (χ3n) is 5.44. The van der Waals surface area contributed by atoms with Crippen LogP contribution in [0, 0.1) is 0 Å². The van der Waals surface area contributed by atoms with Gasteiger partial charge in [-0.3, -0.25) is 10.1 Å². The summed E-state index contributed by atoms with van der Waals surface area (Å²) in [5.74, 6) is 0.423. The molecule has 1 atom stereocenters. The first kappa shape index (κ1) is 24.1. The Balaban J connectivity index is 1.94. The number of hydrogen-bond donors (Lipinski definition) is 2. The number of carbonyl (C=O) groups excluding carboxylic acids is 2. The van der Waals surface area contributed by atoms with E-state index in [9.17, 15) is 14.7 Å². The molecule has 1 saturated heterocycles. The van der Waals surface area contributed by atoms with E-state index in [4.69, 9.17) is 14.2 Å². The van der Waals surface area contributed by atoms with Crippen molar-refractivity contribution in [2.24, 2.45) is 0 Å². The first-order chi connectivity index (χ1) is 16.1. The van der Waals surface area contributed by atoms with E-state index in [0.717, 1.165) is 24.8 Å². The van der Waals surface area contributed by atoms with Gasteiger partial charge in [0.05, 0.1) is 31.0 Å². The van der Waals surface area contributed by atoms with Gasteiger partial charge in [-0.05, 0) is 30.9 Å². The summed E-state index contributed by atoms with van der Waals surface area (Å²) in [6, 6.07) is 12.4. The number of nitrogens with one attached hydrogen (secondary N) is 1. The van der Waals surface area contributed by atoms with Gasteiger partial charge in [-0.15, -0.1) is 0 Å². The molecule has 176 valence electrons. The van der Waals surface area contributed by atoms with E-state index in [-0.39, 0.29) is 43.0 Å². The monoisotopic (exact) mass is 454 g/mol. The summed E-state index contributed by atoms with van der Waals surface area (Å²) in [5, 5.41) is 12.4. The van der Waals surface area contributed by atoms with Gasteiger partial charge in [0.25, 0.3) is 5.91 Å². The van der Waals surface area contributed by atoms with Crippen LogP contribution in [-0.2, 0) is 11.3 Å². The predicted molar refractivity (Wildman–Crippen MR) is 125 cm³/mol. The van der Waals surface area contributed by atoms with Crippen molar-refractivity contribution in [3.63, 3.8) is 0 Å². The maximum Gasteiger partial charge on any atom is 0.411 e. The molecule has 0 aromatic heterocycles. The number of aliphatic hydroxyl groups excluding tert-OH is 1. The van der Waals surface area contributed by atoms with Crippen LogP contribution >= 0.6 is 0 Å². The zero-order valence-corrected chi connectivity index (χ0v) is 18.8. The Hall–Kier alpha value is -3.52. The van der Waals surface area contributed by atoms with Gasteiger partial charge in [0.15, 0.2) is 11.5 Å². The smallest absolute Gasteiger partial charge is 0.411 e. The molecule has 0 bridgehead atoms. The number of methoxy groups -OCH3 is 1. The molecule has 8 heteroatoms. The lowest BCUT2D eigenvalue weighted by Crippen LogP contribution is -2.45. The summed E-state index contributed by atoms with van der Waals surface area (Å²) in [6.45, 7) is 4.25. The topological polar surface area (TPSA) is 97.3 Å². The summed E-state index contributed by atoms with van der Waals surface area (Å²) >= 11 is 0. The number of likely N-dealkylation sites (tertiary alicyclic amines) is 1. The highest BCUT2D eigenvalue weighted by Gasteiger charge is 2.30. The van der Waals surface area contributed by atoms with Crippen LogP contribution in [0.4, 0.5) is 10.5 Å². The normalized spacial score (nSPS) is 15.5. The SMILES string of the molecule is C=CCOC(=O)Nc1cc(OCc2ccccc2)c(OC)cc1C(=O)N1CCCC[C@H]1CO. The second-order valence-electron chi connectivity index (χ2n) is 7.67. The van der Waals surface area contributed by atoms with Gasteiger partial charge in [-0.1, -0.05) is 43.0 Å². The van der Waals surface area contributed by atoms with E-state index in [1.807, 2.05) is 30.3 Å². The minimum absolute atomic E-state index is 0.0291. The van der Waals surface area contributed by atoms with Crippen molar-refractivity contribution in [2.45, 2.75) is 31.9 Å². The first-order valence-corrected chi connectivity index (χ1v) is 10.9. The Morgan fingerprint density at radius 3 is 2.70 bits per heavy atom. The van der Waals surface area contributed by atoms with Gasteiger partial charge in [-0.2, -0.15) is 0 Å². The lowest BCUT2D eigenvalue weighted by molar-refractivity contribution is 0.0503. The number of rotatable bonds is 9. The van der Waals surface area contributed by atoms with E-state index < -0.39 is 6.09 Å². The minimum atomic E-state index is -0.722. The average Bonchev–Trinajstić information content (AvgIpc) is 2.86. The molecule has 2 aromatic rings. The highest BCUT2D eigenvalue weighted by molar-refractivity contribution is 6.03. The van der Waals surface area contributed by atoms with E-state index in [2.05, 4.69) is 11.9 Å². The third-order valence-corrected chi connectivity index (χ3v) is 5.44. The molecule has 2 aromatic carbocycles. The number of carbonyl (C=O) groups is 2. The Kier molecular flexibility index (Phi) is 8.71. The molecule has 0 radical (unpaired) electrons. The van der Waals surface area contributed by atoms with E-state index in [1.165, 1.54) is 13.2 Å². The lowest BCUT2D eigenvalue weighted by atomic mass is 10.0. The van der Waals surface area contributed by atoms with Crippen molar-refractivity contribution >= 4 is 17.7 Å². The van der Waals surface area contributed by atoms with Crippen LogP contribution in [0.5, 0.6) is 11.5 Å². The number of hydrogen-bond acceptors (Lipinski definition) is 6. The second-order valence-corrected chi connectivity index (χ2v) is 7.67. The second kappa shape index (κ2) is 11.9. The summed E-state index contributed by atoms with van der Waals surface area (Å²) in [4.78, 5) is 27.4. The summed E-state index contributed by atoms with van der Waals surface area (Å²) in [7, 11) is 1.49. The van der Waals surface area contributed by atoms with Crippen LogP contribution in [-0.4, -0.2) is 54.9 Å². The van der Waals surface area contributed by atoms with Gasteiger partial charge in [0, 0.05) is 12.6 Å². The molecule has 1 aliphatic rings. The Bertz CT molecular complexity index is 963. The van der Waals surface area contributed by atoms with Gasteiger partial charge in [-0.25, -0.2) is 4.79 Å². The molecule has 0 unspecified atom stereocenters. The molecular weight excluding hydrogens is 424 g/mol. The standard InChI is InChI=1S/C25H30N2O6/c1-3-13-32-25(30)26-21-15-23(33-17-18-9-5-4-6-10-18)22(31-2)14-20(21)24(29)27-12-8-7-11-19(27)16-28/h3-6,9-10,14-15,19,28H,1,7-8,11-13,16-17H2,2H3,(H,26,30)/t19-/m0/s1. The number of benzene rings is 2. The van der Waals surface area contributed by atoms with Gasteiger partial charge < -0.3 is 24.2 Å². The number of piperidine rings is 1. The van der Waals surface area contributed by atoms with Crippen LogP contribution in [0.25, 0.3) is 0 Å². The molecular formula is C25H30N2O6. The summed E-state index contributed by atoms with van der Waals surface area (Å²) in [5.41, 5.74) is 1.42. The van der Waals surface area contributed by atoms with Crippen LogP contribution in [0.2, 0.25) is 0 Å². The van der Waals surface area contributed by atoms with E-state index in [0.29, 0.717) is 18.0 Å². The van der Waals surface area contributed by atoms with Crippen molar-refractivity contribution in [1.29, 1.82) is 0 Å². The number of amides is 2. The molecule has 0 aliphatic carbocycles. The van der Waals surface area contributed by atoms with Crippen molar-refractivity contribution in [2.75, 3.05) is 32.2 Å². The Labute approximate surface area is 193 Å². The van der Waals surface area contributed by atoms with E-state index in [1.54, 1.807) is 17.0 Å². The summed E-state index contributed by atoms with van der Waals surface area (Å²) in [6.07, 6.45) is 3.25. The highest BCUT2D eigenvalue weighted by atomic mass is 16.5. The molecule has 8 nitrogen and oxygen atoms in total. The maximum atomic E-state index is 13.5. The molecule has 2 amide bonds. The molecule has 0 spiro atoms. The molecule has 33 heavy (non-hydrogen) atoms. The molecule has 2 N–H and O–H groups in total. The van der Waals surface area contributed by atoms with E-state index >= 15 is 0 Å². The fraction of sp³-hybridized carbons (Fsp3) is 0.360. The van der Waals surface area contributed by atoms with Gasteiger partial charge in [0.1, 0.15) is 13.2 Å². The van der Waals surface area contributed by atoms with Gasteiger partial charge in [0.2, 0.25) is 0 Å². The fourth-order valence-electron chi connectivity index (χ4n) is 3.74. The molecule has 1 heterocycles. The fourth-order valence-corrected chi connectivity index (χ4v) is 3.74. The van der Waals surface area contributed by atoms with Crippen molar-refractivity contribution < 1.29 is 28.9 Å². The van der Waals surface area contributed by atoms with Crippen LogP contribution in [0.3, 0.4) is 0 Å². The lowest BCUT2D eigenvalue weighted by Gasteiger charge is -2.35. The van der Waals surface area contributed by atoms with Crippen molar-refractivity contribution in [3.05, 3.63) is 66.2 Å². The molecule has 1 aliphatic heterocycles. The average molecular weight is 455 g/mol. The van der Waals surface area contributed by atoms with Crippen molar-refractivity contribution in [1.82, 2.24) is 4.90 Å². The van der Waals surface area contributed by atoms with Crippen molar-refractivity contribution in [3.8, 4) is 11.5 Å². The number of anilines is 1. The maximum absolute atomic E-state index is 13.5. The predicted octanol–water partition coefficient (Wildman–Crippen LogP) is 4.00. The Morgan fingerprint density at radius 2 is 2.00 bits per heavy atom. The zero-order valence-electron chi connectivity index (χ0n) is 18.8. The first-order valence-electron chi connectivity index (χ1n) is 10.9. The number of ether oxygens (including phenoxy) is 3. The molecule has 0 saturated carbocycles. The van der Waals surface area contributed by atoms with Crippen LogP contribution in [0.15, 0.2) is 55.1 Å². The highest BCUT2D eigenvalue weighted by Crippen LogP contribution is 2.36. The number of aliphatic hydroxyl groups is 1. The molecule has 3 rings (SSSR count). The largest absolute Gasteiger partial charge is 0.493 e. The molecule has 1 fully saturated rings. The quantitative estimate of drug-likeness (QED) is 0.556. The van der Waals surface area contributed by atoms with Crippen LogP contribution < -0.4 is 14.8 Å². The van der Waals surface area contributed by atoms with Gasteiger partial charge >= 0.3 is 6.09 Å². The Morgan fingerprint density at radius 1 is 1.21 bits per heavy atom. The summed E-state index contributed by atoms with van der Waals surface area (Å²) < 4.78 is 16.5. The number of nitrogens with zero attached hydrogens (tertiary/aromatic N) is 1. The third kappa shape index (κ3) is 6.26. The van der Waals surface area contributed by atoms with Crippen LogP contribution in [0.1, 0.15) is 35.2 Å². The zero-order chi connectivity index (χ0) is 23.6.